The van der Waals surface area contributed by atoms with Crippen molar-refractivity contribution >= 4 is 5.78 Å². The Labute approximate surface area is 110 Å². The molecule has 0 saturated carbocycles. The summed E-state index contributed by atoms with van der Waals surface area (Å²) in [4.78, 5) is 12.3. The third-order valence-electron chi connectivity index (χ3n) is 3.15. The van der Waals surface area contributed by atoms with Crippen LogP contribution in [0.25, 0.3) is 0 Å². The van der Waals surface area contributed by atoms with Gasteiger partial charge in [-0.25, -0.2) is 0 Å². The van der Waals surface area contributed by atoms with Gasteiger partial charge in [-0.05, 0) is 50.0 Å². The minimum Gasteiger partial charge on any atom is -0.496 e. The summed E-state index contributed by atoms with van der Waals surface area (Å²) in [5.74, 6) is 0.711. The van der Waals surface area contributed by atoms with Gasteiger partial charge in [0.15, 0.2) is 5.78 Å². The average molecular weight is 246 g/mol. The number of ketones is 1. The molecule has 0 atom stereocenters. The molecular formula is C16H22O2. The summed E-state index contributed by atoms with van der Waals surface area (Å²) in [6.45, 7) is 8.10. The Bertz CT molecular complexity index is 464. The Morgan fingerprint density at radius 1 is 1.22 bits per heavy atom. The van der Waals surface area contributed by atoms with Crippen molar-refractivity contribution in [1.82, 2.24) is 0 Å². The van der Waals surface area contributed by atoms with Crippen LogP contribution in [0, 0.1) is 13.8 Å². The topological polar surface area (TPSA) is 26.3 Å². The Morgan fingerprint density at radius 2 is 1.83 bits per heavy atom. The highest BCUT2D eigenvalue weighted by Crippen LogP contribution is 2.25. The summed E-state index contributed by atoms with van der Waals surface area (Å²) >= 11 is 0. The smallest absolute Gasteiger partial charge is 0.189 e. The third-order valence-corrected chi connectivity index (χ3v) is 3.15. The van der Waals surface area contributed by atoms with E-state index in [0.717, 1.165) is 24.0 Å². The molecule has 2 nitrogen and oxygen atoms in total. The van der Waals surface area contributed by atoms with Gasteiger partial charge in [0.25, 0.3) is 0 Å². The van der Waals surface area contributed by atoms with Crippen LogP contribution in [-0.2, 0) is 0 Å². The van der Waals surface area contributed by atoms with Gasteiger partial charge in [-0.2, -0.15) is 0 Å². The standard InChI is InChI=1S/C16H22O2/c1-6-13(7-2)10-14(17)16-12(4)8-11(3)9-15(16)18-5/h8-10H,6-7H2,1-5H3. The summed E-state index contributed by atoms with van der Waals surface area (Å²) in [5, 5.41) is 0. The van der Waals surface area contributed by atoms with Crippen LogP contribution >= 0.6 is 0 Å². The fourth-order valence-electron chi connectivity index (χ4n) is 2.12. The second-order valence-electron chi connectivity index (χ2n) is 4.53. The van der Waals surface area contributed by atoms with Gasteiger partial charge in [0.2, 0.25) is 0 Å². The number of hydrogen-bond acceptors (Lipinski definition) is 2. The quantitative estimate of drug-likeness (QED) is 0.573. The van der Waals surface area contributed by atoms with E-state index in [4.69, 9.17) is 4.74 Å². The molecule has 0 spiro atoms. The minimum atomic E-state index is 0.0445. The average Bonchev–Trinajstić information content (AvgIpc) is 2.34. The molecule has 0 aliphatic rings. The second kappa shape index (κ2) is 6.39. The summed E-state index contributed by atoms with van der Waals surface area (Å²) in [7, 11) is 1.61. The molecule has 0 aliphatic heterocycles. The predicted octanol–water partition coefficient (Wildman–Crippen LogP) is 4.24. The van der Waals surface area contributed by atoms with Crippen molar-refractivity contribution in [3.8, 4) is 5.75 Å². The molecular weight excluding hydrogens is 224 g/mol. The van der Waals surface area contributed by atoms with Gasteiger partial charge in [0.1, 0.15) is 5.75 Å². The lowest BCUT2D eigenvalue weighted by molar-refractivity contribution is 0.104. The van der Waals surface area contributed by atoms with Crippen molar-refractivity contribution in [2.24, 2.45) is 0 Å². The second-order valence-corrected chi connectivity index (χ2v) is 4.53. The normalized spacial score (nSPS) is 10.1. The Morgan fingerprint density at radius 3 is 2.33 bits per heavy atom. The Balaban J connectivity index is 3.24. The number of hydrogen-bond donors (Lipinski definition) is 0. The number of carbonyl (C=O) groups excluding carboxylic acids is 1. The first-order valence-electron chi connectivity index (χ1n) is 6.42. The predicted molar refractivity (Wildman–Crippen MR) is 75.5 cm³/mol. The van der Waals surface area contributed by atoms with E-state index in [0.29, 0.717) is 11.3 Å². The van der Waals surface area contributed by atoms with Crippen molar-refractivity contribution in [3.63, 3.8) is 0 Å². The molecule has 0 unspecified atom stereocenters. The van der Waals surface area contributed by atoms with Gasteiger partial charge < -0.3 is 4.74 Å². The fraction of sp³-hybridized carbons (Fsp3) is 0.438. The number of carbonyl (C=O) groups is 1. The van der Waals surface area contributed by atoms with Crippen LogP contribution in [0.5, 0.6) is 5.75 Å². The van der Waals surface area contributed by atoms with Gasteiger partial charge in [0, 0.05) is 0 Å². The van der Waals surface area contributed by atoms with Crippen LogP contribution in [0.4, 0.5) is 0 Å². The van der Waals surface area contributed by atoms with Crippen molar-refractivity contribution in [2.75, 3.05) is 7.11 Å². The van der Waals surface area contributed by atoms with Crippen molar-refractivity contribution in [2.45, 2.75) is 40.5 Å². The fourth-order valence-corrected chi connectivity index (χ4v) is 2.12. The zero-order valence-electron chi connectivity index (χ0n) is 12.0. The molecule has 0 N–H and O–H groups in total. The molecule has 0 aliphatic carbocycles. The van der Waals surface area contributed by atoms with E-state index >= 15 is 0 Å². The molecule has 0 radical (unpaired) electrons. The largest absolute Gasteiger partial charge is 0.496 e. The highest BCUT2D eigenvalue weighted by molar-refractivity contribution is 6.08. The van der Waals surface area contributed by atoms with Gasteiger partial charge in [0.05, 0.1) is 12.7 Å². The van der Waals surface area contributed by atoms with Crippen LogP contribution in [0.1, 0.15) is 48.2 Å². The molecule has 18 heavy (non-hydrogen) atoms. The van der Waals surface area contributed by atoms with E-state index in [-0.39, 0.29) is 5.78 Å². The van der Waals surface area contributed by atoms with Crippen LogP contribution in [-0.4, -0.2) is 12.9 Å². The first-order valence-corrected chi connectivity index (χ1v) is 6.42. The van der Waals surface area contributed by atoms with E-state index in [1.165, 1.54) is 5.57 Å². The molecule has 0 saturated heterocycles. The lowest BCUT2D eigenvalue weighted by Crippen LogP contribution is -2.04. The van der Waals surface area contributed by atoms with Gasteiger partial charge in [-0.1, -0.05) is 25.5 Å². The van der Waals surface area contributed by atoms with Crippen LogP contribution < -0.4 is 4.74 Å². The lowest BCUT2D eigenvalue weighted by atomic mass is 9.98. The minimum absolute atomic E-state index is 0.0445. The Hall–Kier alpha value is -1.57. The van der Waals surface area contributed by atoms with Gasteiger partial charge >= 0.3 is 0 Å². The zero-order chi connectivity index (χ0) is 13.7. The molecule has 0 amide bonds. The highest BCUT2D eigenvalue weighted by atomic mass is 16.5. The van der Waals surface area contributed by atoms with Crippen molar-refractivity contribution in [1.29, 1.82) is 0 Å². The molecule has 0 aromatic heterocycles. The monoisotopic (exact) mass is 246 g/mol. The molecule has 1 rings (SSSR count). The van der Waals surface area contributed by atoms with Crippen molar-refractivity contribution in [3.05, 3.63) is 40.5 Å². The molecule has 1 aromatic rings. The molecule has 98 valence electrons. The molecule has 1 aromatic carbocycles. The van der Waals surface area contributed by atoms with E-state index in [2.05, 4.69) is 13.8 Å². The van der Waals surface area contributed by atoms with Crippen LogP contribution in [0.15, 0.2) is 23.8 Å². The number of allylic oxidation sites excluding steroid dienone is 2. The summed E-state index contributed by atoms with van der Waals surface area (Å²) in [6, 6.07) is 3.92. The van der Waals surface area contributed by atoms with Gasteiger partial charge in [-0.15, -0.1) is 0 Å². The maximum atomic E-state index is 12.3. The number of benzene rings is 1. The highest BCUT2D eigenvalue weighted by Gasteiger charge is 2.14. The summed E-state index contributed by atoms with van der Waals surface area (Å²) < 4.78 is 5.33. The number of ether oxygens (including phenoxy) is 1. The van der Waals surface area contributed by atoms with E-state index in [9.17, 15) is 4.79 Å². The van der Waals surface area contributed by atoms with Crippen LogP contribution in [0.2, 0.25) is 0 Å². The van der Waals surface area contributed by atoms with E-state index in [1.807, 2.05) is 26.0 Å². The molecule has 2 heteroatoms. The Kier molecular flexibility index (Phi) is 5.14. The van der Waals surface area contributed by atoms with Gasteiger partial charge in [-0.3, -0.25) is 4.79 Å². The maximum Gasteiger partial charge on any atom is 0.189 e. The van der Waals surface area contributed by atoms with E-state index < -0.39 is 0 Å². The number of aryl methyl sites for hydroxylation is 2. The molecule has 0 fully saturated rings. The SMILES string of the molecule is CCC(=CC(=O)c1c(C)cc(C)cc1OC)CC. The summed E-state index contributed by atoms with van der Waals surface area (Å²) in [5.41, 5.74) is 3.93. The summed E-state index contributed by atoms with van der Waals surface area (Å²) in [6.07, 6.45) is 3.57. The first kappa shape index (κ1) is 14.5. The number of rotatable bonds is 5. The first-order chi connectivity index (χ1) is 8.53. The molecule has 0 bridgehead atoms. The zero-order valence-corrected chi connectivity index (χ0v) is 12.0. The van der Waals surface area contributed by atoms with Crippen molar-refractivity contribution < 1.29 is 9.53 Å². The number of methoxy groups -OCH3 is 1. The van der Waals surface area contributed by atoms with Crippen LogP contribution in [0.3, 0.4) is 0 Å². The molecule has 0 heterocycles. The van der Waals surface area contributed by atoms with E-state index in [1.54, 1.807) is 13.2 Å². The maximum absolute atomic E-state index is 12.3. The third kappa shape index (κ3) is 3.22. The lowest BCUT2D eigenvalue weighted by Gasteiger charge is -2.11.